The van der Waals surface area contributed by atoms with Gasteiger partial charge in [-0.05, 0) is 67.1 Å². The van der Waals surface area contributed by atoms with Gasteiger partial charge in [-0.2, -0.15) is 0 Å². The van der Waals surface area contributed by atoms with Crippen molar-refractivity contribution >= 4 is 0 Å². The molecule has 17 heavy (non-hydrogen) atoms. The molecule has 4 nitrogen and oxygen atoms in total. The molecule has 1 atom stereocenters. The van der Waals surface area contributed by atoms with Crippen LogP contribution >= 0.6 is 0 Å². The molecule has 0 spiro atoms. The zero-order chi connectivity index (χ0) is 12.9. The minimum absolute atomic E-state index is 0.0175. The number of hydrogen-bond donors (Lipinski definition) is 1. The van der Waals surface area contributed by atoms with Gasteiger partial charge < -0.3 is 19.8 Å². The number of likely N-dealkylation sites (N-methyl/N-ethyl adjacent to an activating group) is 1. The SMILES string of the molecule is CN(C)CCCN1CCCC(CO)(N(C)C)C1. The number of piperidine rings is 1. The van der Waals surface area contributed by atoms with Crippen molar-refractivity contribution in [2.75, 3.05) is 61.0 Å². The second kappa shape index (κ2) is 6.69. The molecule has 4 heteroatoms. The predicted molar refractivity (Wildman–Crippen MR) is 72.3 cm³/mol. The lowest BCUT2D eigenvalue weighted by Crippen LogP contribution is -2.58. The summed E-state index contributed by atoms with van der Waals surface area (Å²) in [6.45, 7) is 4.75. The Bertz CT molecular complexity index is 221. The third-order valence-corrected chi connectivity index (χ3v) is 3.96. The molecule has 0 aromatic carbocycles. The fourth-order valence-corrected chi connectivity index (χ4v) is 2.64. The van der Waals surface area contributed by atoms with Crippen molar-refractivity contribution in [3.63, 3.8) is 0 Å². The maximum atomic E-state index is 9.67. The summed E-state index contributed by atoms with van der Waals surface area (Å²) in [5.74, 6) is 0. The third-order valence-electron chi connectivity index (χ3n) is 3.96. The molecule has 102 valence electrons. The van der Waals surface area contributed by atoms with Crippen molar-refractivity contribution in [3.8, 4) is 0 Å². The highest BCUT2D eigenvalue weighted by atomic mass is 16.3. The van der Waals surface area contributed by atoms with Crippen molar-refractivity contribution in [2.45, 2.75) is 24.8 Å². The van der Waals surface area contributed by atoms with Gasteiger partial charge in [0.25, 0.3) is 0 Å². The van der Waals surface area contributed by atoms with Gasteiger partial charge in [-0.1, -0.05) is 0 Å². The van der Waals surface area contributed by atoms with E-state index in [-0.39, 0.29) is 12.1 Å². The maximum absolute atomic E-state index is 9.67. The minimum Gasteiger partial charge on any atom is -0.394 e. The first-order valence-corrected chi connectivity index (χ1v) is 6.65. The van der Waals surface area contributed by atoms with Crippen LogP contribution in [0.1, 0.15) is 19.3 Å². The first-order valence-electron chi connectivity index (χ1n) is 6.65. The van der Waals surface area contributed by atoms with Crippen molar-refractivity contribution in [1.29, 1.82) is 0 Å². The summed E-state index contributed by atoms with van der Waals surface area (Å²) in [5, 5.41) is 9.67. The van der Waals surface area contributed by atoms with Crippen LogP contribution in [0.5, 0.6) is 0 Å². The van der Waals surface area contributed by atoms with Gasteiger partial charge in [-0.3, -0.25) is 0 Å². The number of hydrogen-bond acceptors (Lipinski definition) is 4. The molecule has 0 saturated carbocycles. The van der Waals surface area contributed by atoms with Gasteiger partial charge >= 0.3 is 0 Å². The maximum Gasteiger partial charge on any atom is 0.0627 e. The number of nitrogens with zero attached hydrogens (tertiary/aromatic N) is 3. The molecule has 1 saturated heterocycles. The van der Waals surface area contributed by atoms with Gasteiger partial charge in [0.05, 0.1) is 12.1 Å². The molecule has 1 heterocycles. The van der Waals surface area contributed by atoms with Crippen LogP contribution in [0.15, 0.2) is 0 Å². The molecule has 0 amide bonds. The minimum atomic E-state index is -0.0175. The van der Waals surface area contributed by atoms with E-state index in [1.165, 1.54) is 19.4 Å². The Morgan fingerprint density at radius 1 is 1.24 bits per heavy atom. The lowest BCUT2D eigenvalue weighted by Gasteiger charge is -2.46. The molecule has 0 aliphatic carbocycles. The van der Waals surface area contributed by atoms with E-state index in [0.29, 0.717) is 0 Å². The third kappa shape index (κ3) is 4.21. The quantitative estimate of drug-likeness (QED) is 0.728. The average molecular weight is 243 g/mol. The largest absolute Gasteiger partial charge is 0.394 e. The zero-order valence-electron chi connectivity index (χ0n) is 11.9. The first-order chi connectivity index (χ1) is 8.00. The summed E-state index contributed by atoms with van der Waals surface area (Å²) < 4.78 is 0. The van der Waals surface area contributed by atoms with Crippen LogP contribution in [0, 0.1) is 0 Å². The molecule has 1 rings (SSSR count). The highest BCUT2D eigenvalue weighted by molar-refractivity contribution is 4.94. The smallest absolute Gasteiger partial charge is 0.0627 e. The summed E-state index contributed by atoms with van der Waals surface area (Å²) in [5.41, 5.74) is -0.0175. The number of aliphatic hydroxyl groups excluding tert-OH is 1. The summed E-state index contributed by atoms with van der Waals surface area (Å²) >= 11 is 0. The standard InChI is InChI=1S/C13H29N3O/c1-14(2)8-6-10-16-9-5-7-13(11-16,12-17)15(3)4/h17H,5-12H2,1-4H3. The van der Waals surface area contributed by atoms with Gasteiger partial charge in [0.2, 0.25) is 0 Å². The molecule has 1 aliphatic rings. The molecule has 0 aromatic heterocycles. The summed E-state index contributed by atoms with van der Waals surface area (Å²) in [6.07, 6.45) is 3.52. The fraction of sp³-hybridized carbons (Fsp3) is 1.00. The van der Waals surface area contributed by atoms with Crippen LogP contribution in [-0.4, -0.2) is 86.3 Å². The second-order valence-electron chi connectivity index (χ2n) is 5.81. The molecule has 1 fully saturated rings. The monoisotopic (exact) mass is 243 g/mol. The highest BCUT2D eigenvalue weighted by Gasteiger charge is 2.36. The Kier molecular flexibility index (Phi) is 5.86. The number of likely N-dealkylation sites (tertiary alicyclic amines) is 1. The Balaban J connectivity index is 2.42. The van der Waals surface area contributed by atoms with Crippen LogP contribution in [0.3, 0.4) is 0 Å². The van der Waals surface area contributed by atoms with Crippen molar-refractivity contribution in [3.05, 3.63) is 0 Å². The van der Waals surface area contributed by atoms with Crippen molar-refractivity contribution in [2.24, 2.45) is 0 Å². The normalized spacial score (nSPS) is 27.0. The molecule has 1 N–H and O–H groups in total. The Hall–Kier alpha value is -0.160. The van der Waals surface area contributed by atoms with E-state index in [9.17, 15) is 5.11 Å². The van der Waals surface area contributed by atoms with Crippen LogP contribution in [-0.2, 0) is 0 Å². The topological polar surface area (TPSA) is 30.0 Å². The first kappa shape index (κ1) is 14.9. The van der Waals surface area contributed by atoms with E-state index in [1.807, 2.05) is 0 Å². The van der Waals surface area contributed by atoms with Gasteiger partial charge in [0, 0.05) is 6.54 Å². The lowest BCUT2D eigenvalue weighted by molar-refractivity contribution is -0.000767. The summed E-state index contributed by atoms with van der Waals surface area (Å²) in [4.78, 5) is 6.93. The molecule has 0 aromatic rings. The van der Waals surface area contributed by atoms with Crippen LogP contribution in [0.2, 0.25) is 0 Å². The van der Waals surface area contributed by atoms with Crippen LogP contribution in [0.25, 0.3) is 0 Å². The van der Waals surface area contributed by atoms with E-state index in [1.54, 1.807) is 0 Å². The average Bonchev–Trinajstić information content (AvgIpc) is 2.28. The predicted octanol–water partition coefficient (Wildman–Crippen LogP) is 0.327. The van der Waals surface area contributed by atoms with Gasteiger partial charge in [-0.25, -0.2) is 0 Å². The van der Waals surface area contributed by atoms with Crippen LogP contribution < -0.4 is 0 Å². The Morgan fingerprint density at radius 3 is 2.47 bits per heavy atom. The van der Waals surface area contributed by atoms with Crippen LogP contribution in [0.4, 0.5) is 0 Å². The Morgan fingerprint density at radius 2 is 1.94 bits per heavy atom. The molecule has 0 bridgehead atoms. The number of aliphatic hydroxyl groups is 1. The van der Waals surface area contributed by atoms with E-state index in [4.69, 9.17) is 0 Å². The lowest BCUT2D eigenvalue weighted by atomic mass is 9.88. The fourth-order valence-electron chi connectivity index (χ4n) is 2.64. The van der Waals surface area contributed by atoms with E-state index in [2.05, 4.69) is 42.9 Å². The molecular weight excluding hydrogens is 214 g/mol. The van der Waals surface area contributed by atoms with E-state index >= 15 is 0 Å². The van der Waals surface area contributed by atoms with Crippen molar-refractivity contribution < 1.29 is 5.11 Å². The van der Waals surface area contributed by atoms with Gasteiger partial charge in [-0.15, -0.1) is 0 Å². The molecule has 1 unspecified atom stereocenters. The number of rotatable bonds is 6. The van der Waals surface area contributed by atoms with E-state index < -0.39 is 0 Å². The molecular formula is C13H29N3O. The summed E-state index contributed by atoms with van der Waals surface area (Å²) in [6, 6.07) is 0. The van der Waals surface area contributed by atoms with Gasteiger partial charge in [0.1, 0.15) is 0 Å². The molecule has 0 radical (unpaired) electrons. The molecule has 1 aliphatic heterocycles. The second-order valence-corrected chi connectivity index (χ2v) is 5.81. The zero-order valence-corrected chi connectivity index (χ0v) is 11.9. The Labute approximate surface area is 106 Å². The highest BCUT2D eigenvalue weighted by Crippen LogP contribution is 2.25. The van der Waals surface area contributed by atoms with Gasteiger partial charge in [0.15, 0.2) is 0 Å². The van der Waals surface area contributed by atoms with E-state index in [0.717, 1.165) is 26.1 Å². The summed E-state index contributed by atoms with van der Waals surface area (Å²) in [7, 11) is 8.40. The van der Waals surface area contributed by atoms with Crippen molar-refractivity contribution in [1.82, 2.24) is 14.7 Å².